The number of hydrogen-bond acceptors (Lipinski definition) is 5. The Morgan fingerprint density at radius 3 is 2.24 bits per heavy atom. The third-order valence-corrected chi connectivity index (χ3v) is 6.56. The highest BCUT2D eigenvalue weighted by atomic mass is 127. The molecule has 0 bridgehead atoms. The lowest BCUT2D eigenvalue weighted by Crippen LogP contribution is -2.35. The van der Waals surface area contributed by atoms with Gasteiger partial charge < -0.3 is 9.47 Å². The average Bonchev–Trinajstić information content (AvgIpc) is 2.73. The van der Waals surface area contributed by atoms with E-state index in [4.69, 9.17) is 9.47 Å². The quantitative estimate of drug-likeness (QED) is 0.259. The predicted molar refractivity (Wildman–Crippen MR) is 140 cm³/mol. The first-order chi connectivity index (χ1) is 15.4. The summed E-state index contributed by atoms with van der Waals surface area (Å²) in [5.41, 5.74) is 8.32. The summed E-state index contributed by atoms with van der Waals surface area (Å²) in [6.45, 7) is 14.1. The molecule has 2 aromatic carbocycles. The number of hydrogen-bond donors (Lipinski definition) is 0. The van der Waals surface area contributed by atoms with E-state index in [0.717, 1.165) is 35.2 Å². The van der Waals surface area contributed by atoms with E-state index in [0.29, 0.717) is 13.1 Å². The molecule has 0 aromatic heterocycles. The van der Waals surface area contributed by atoms with Crippen molar-refractivity contribution < 1.29 is 19.1 Å². The van der Waals surface area contributed by atoms with Crippen molar-refractivity contribution in [3.63, 3.8) is 0 Å². The Hall–Kier alpha value is -1.77. The molecule has 0 spiro atoms. The minimum absolute atomic E-state index is 0.130. The topological polar surface area (TPSA) is 55.8 Å². The van der Waals surface area contributed by atoms with Crippen LogP contribution in [0.3, 0.4) is 0 Å². The van der Waals surface area contributed by atoms with Crippen LogP contribution < -0.4 is 0 Å². The maximum Gasteiger partial charge on any atom is 0.339 e. The van der Waals surface area contributed by atoms with Crippen LogP contribution in [0.2, 0.25) is 0 Å². The molecule has 1 unspecified atom stereocenters. The molecule has 0 amide bonds. The van der Waals surface area contributed by atoms with E-state index in [2.05, 4.69) is 49.9 Å². The number of methoxy groups -OCH3 is 1. The van der Waals surface area contributed by atoms with Crippen LogP contribution in [0.5, 0.6) is 0 Å². The summed E-state index contributed by atoms with van der Waals surface area (Å²) < 4.78 is 11.7. The van der Waals surface area contributed by atoms with E-state index < -0.39 is 17.7 Å². The molecule has 178 valence electrons. The van der Waals surface area contributed by atoms with Crippen molar-refractivity contribution in [1.82, 2.24) is 4.90 Å². The molecule has 0 radical (unpaired) electrons. The van der Waals surface area contributed by atoms with Crippen molar-refractivity contribution in [3.8, 4) is 11.1 Å². The number of carbonyl (C=O) groups is 2. The van der Waals surface area contributed by atoms with Crippen LogP contribution in [0.4, 0.5) is 0 Å². The molecule has 1 heterocycles. The van der Waals surface area contributed by atoms with Gasteiger partial charge in [0.15, 0.2) is 6.10 Å². The second-order valence-corrected chi connectivity index (χ2v) is 11.0. The number of rotatable bonds is 6. The zero-order valence-corrected chi connectivity index (χ0v) is 22.8. The summed E-state index contributed by atoms with van der Waals surface area (Å²) in [4.78, 5) is 27.0. The Balaban J connectivity index is 2.30. The van der Waals surface area contributed by atoms with Crippen molar-refractivity contribution in [2.75, 3.05) is 20.2 Å². The Kier molecular flexibility index (Phi) is 8.02. The van der Waals surface area contributed by atoms with Crippen LogP contribution in [0.25, 0.3) is 11.1 Å². The molecule has 1 atom stereocenters. The monoisotopic (exact) mass is 563 g/mol. The summed E-state index contributed by atoms with van der Waals surface area (Å²) in [6, 6.07) is 8.42. The Morgan fingerprint density at radius 1 is 1.06 bits per heavy atom. The number of nitrogens with zero attached hydrogens (tertiary/aromatic N) is 1. The summed E-state index contributed by atoms with van der Waals surface area (Å²) in [5, 5.41) is 0. The fourth-order valence-electron chi connectivity index (χ4n) is 4.70. The van der Waals surface area contributed by atoms with E-state index in [-0.39, 0.29) is 3.79 Å². The predicted octanol–water partition coefficient (Wildman–Crippen LogP) is 5.63. The van der Waals surface area contributed by atoms with Crippen molar-refractivity contribution in [1.29, 1.82) is 0 Å². The second-order valence-electron chi connectivity index (χ2n) is 9.81. The molecule has 0 fully saturated rings. The van der Waals surface area contributed by atoms with Crippen molar-refractivity contribution in [2.45, 2.75) is 66.2 Å². The first-order valence-electron chi connectivity index (χ1n) is 11.3. The maximum atomic E-state index is 13.1. The fraction of sp³-hybridized carbons (Fsp3) is 0.481. The molecule has 33 heavy (non-hydrogen) atoms. The van der Waals surface area contributed by atoms with Gasteiger partial charge in [0.2, 0.25) is 3.79 Å². The number of fused-ring (bicyclic) bond motifs is 1. The molecule has 0 N–H and O–H groups in total. The minimum Gasteiger partial charge on any atom is -0.467 e. The molecular formula is C27H34INO4. The molecule has 5 nitrogen and oxygen atoms in total. The summed E-state index contributed by atoms with van der Waals surface area (Å²) in [5.74, 6) is -0.407. The number of carbonyl (C=O) groups excluding carboxylic acids is 2. The van der Waals surface area contributed by atoms with Gasteiger partial charge in [0.1, 0.15) is 0 Å². The SMILES string of the molecule is COC(=O)C(OC(C)(C)C)c1c(C)c2c(c(C)c1-c1ccc(C)cc1)CCN(CC(=O)I)C2. The second kappa shape index (κ2) is 10.2. The van der Waals surface area contributed by atoms with Gasteiger partial charge in [-0.15, -0.1) is 0 Å². The van der Waals surface area contributed by atoms with Gasteiger partial charge in [0.05, 0.1) is 19.3 Å². The van der Waals surface area contributed by atoms with Gasteiger partial charge in [0.25, 0.3) is 0 Å². The van der Waals surface area contributed by atoms with Gasteiger partial charge in [-0.05, 0) is 81.3 Å². The lowest BCUT2D eigenvalue weighted by atomic mass is 9.80. The molecular weight excluding hydrogens is 529 g/mol. The molecule has 6 heteroatoms. The van der Waals surface area contributed by atoms with Gasteiger partial charge >= 0.3 is 5.97 Å². The average molecular weight is 563 g/mol. The van der Waals surface area contributed by atoms with E-state index in [1.165, 1.54) is 29.4 Å². The zero-order valence-electron chi connectivity index (χ0n) is 20.7. The first kappa shape index (κ1) is 25.8. The Morgan fingerprint density at radius 2 is 1.70 bits per heavy atom. The molecule has 3 rings (SSSR count). The van der Waals surface area contributed by atoms with Crippen molar-refractivity contribution >= 4 is 32.4 Å². The number of halogens is 1. The largest absolute Gasteiger partial charge is 0.467 e. The van der Waals surface area contributed by atoms with Crippen molar-refractivity contribution in [3.05, 3.63) is 57.6 Å². The van der Waals surface area contributed by atoms with Gasteiger partial charge in [-0.2, -0.15) is 0 Å². The van der Waals surface area contributed by atoms with Crippen LogP contribution >= 0.6 is 22.6 Å². The van der Waals surface area contributed by atoms with Crippen LogP contribution in [-0.4, -0.2) is 40.5 Å². The lowest BCUT2D eigenvalue weighted by Gasteiger charge is -2.35. The van der Waals surface area contributed by atoms with Crippen LogP contribution in [0.1, 0.15) is 60.3 Å². The van der Waals surface area contributed by atoms with Gasteiger partial charge in [-0.25, -0.2) is 4.79 Å². The Bertz CT molecular complexity index is 1050. The standard InChI is InChI=1S/C27H34INO4/c1-16-8-10-19(11-9-16)23-17(2)20-12-13-29(15-22(28)30)14-21(20)18(3)24(23)25(26(31)32-7)33-27(4,5)6/h8-11,25H,12-15H2,1-7H3. The normalized spacial score (nSPS) is 15.2. The molecule has 0 saturated carbocycles. The molecule has 1 aliphatic heterocycles. The van der Waals surface area contributed by atoms with E-state index in [1.807, 2.05) is 43.4 Å². The zero-order chi connectivity index (χ0) is 24.5. The maximum absolute atomic E-state index is 13.1. The van der Waals surface area contributed by atoms with Crippen LogP contribution in [0, 0.1) is 20.8 Å². The van der Waals surface area contributed by atoms with Crippen molar-refractivity contribution in [2.24, 2.45) is 0 Å². The third-order valence-electron chi connectivity index (χ3n) is 6.21. The van der Waals surface area contributed by atoms with Gasteiger partial charge in [-0.1, -0.05) is 29.8 Å². The fourth-order valence-corrected chi connectivity index (χ4v) is 5.18. The summed E-state index contributed by atoms with van der Waals surface area (Å²) in [7, 11) is 1.40. The van der Waals surface area contributed by atoms with Crippen LogP contribution in [-0.2, 0) is 32.0 Å². The van der Waals surface area contributed by atoms with Gasteiger partial charge in [-0.3, -0.25) is 9.69 Å². The summed E-state index contributed by atoms with van der Waals surface area (Å²) >= 11 is 1.86. The summed E-state index contributed by atoms with van der Waals surface area (Å²) in [6.07, 6.45) is 0.0190. The highest BCUT2D eigenvalue weighted by Gasteiger charge is 2.35. The van der Waals surface area contributed by atoms with Gasteiger partial charge in [0, 0.05) is 41.2 Å². The Labute approximate surface area is 211 Å². The highest BCUT2D eigenvalue weighted by Crippen LogP contribution is 2.42. The molecule has 1 aliphatic rings. The van der Waals surface area contributed by atoms with E-state index in [9.17, 15) is 9.59 Å². The van der Waals surface area contributed by atoms with E-state index in [1.54, 1.807) is 0 Å². The minimum atomic E-state index is -0.850. The molecule has 0 aliphatic carbocycles. The van der Waals surface area contributed by atoms with E-state index >= 15 is 0 Å². The third kappa shape index (κ3) is 5.84. The molecule has 0 saturated heterocycles. The first-order valence-corrected chi connectivity index (χ1v) is 12.4. The smallest absolute Gasteiger partial charge is 0.339 e. The number of benzene rings is 2. The number of ether oxygens (including phenoxy) is 2. The number of aryl methyl sites for hydroxylation is 1. The highest BCUT2D eigenvalue weighted by molar-refractivity contribution is 14.1. The lowest BCUT2D eigenvalue weighted by molar-refractivity contribution is -0.164. The number of esters is 1. The van der Waals surface area contributed by atoms with Crippen LogP contribution in [0.15, 0.2) is 24.3 Å². The molecule has 2 aromatic rings.